The third kappa shape index (κ3) is 50.9. The number of aliphatic hydroxyl groups is 2. The lowest BCUT2D eigenvalue weighted by atomic mass is 9.99. The van der Waals surface area contributed by atoms with E-state index in [1.807, 2.05) is 21.1 Å². The molecule has 404 valence electrons. The molecule has 0 heterocycles. The van der Waals surface area contributed by atoms with Crippen LogP contribution in [0.15, 0.2) is 60.8 Å². The highest BCUT2D eigenvalue weighted by molar-refractivity contribution is 7.45. The molecular formula is C59H111N2O7P. The molecule has 1 amide bonds. The van der Waals surface area contributed by atoms with Gasteiger partial charge in [0.1, 0.15) is 19.3 Å². The monoisotopic (exact) mass is 991 g/mol. The highest BCUT2D eigenvalue weighted by Gasteiger charge is 2.29. The van der Waals surface area contributed by atoms with E-state index >= 15 is 0 Å². The lowest BCUT2D eigenvalue weighted by Crippen LogP contribution is -2.51. The van der Waals surface area contributed by atoms with Crippen molar-refractivity contribution in [3.05, 3.63) is 60.8 Å². The number of unbranched alkanes of at least 4 members (excludes halogenated alkanes) is 28. The molecule has 69 heavy (non-hydrogen) atoms. The van der Waals surface area contributed by atoms with Crippen molar-refractivity contribution < 1.29 is 38.0 Å². The van der Waals surface area contributed by atoms with Gasteiger partial charge in [0.25, 0.3) is 7.82 Å². The van der Waals surface area contributed by atoms with Gasteiger partial charge in [0.05, 0.1) is 39.9 Å². The lowest BCUT2D eigenvalue weighted by molar-refractivity contribution is -0.870. The quantitative estimate of drug-likeness (QED) is 0.0240. The van der Waals surface area contributed by atoms with Crippen molar-refractivity contribution >= 4 is 13.7 Å². The molecule has 4 atom stereocenters. The van der Waals surface area contributed by atoms with E-state index in [-0.39, 0.29) is 18.9 Å². The van der Waals surface area contributed by atoms with E-state index in [9.17, 15) is 24.5 Å². The molecule has 0 rings (SSSR count). The van der Waals surface area contributed by atoms with Gasteiger partial charge >= 0.3 is 0 Å². The van der Waals surface area contributed by atoms with Gasteiger partial charge in [-0.25, -0.2) is 0 Å². The van der Waals surface area contributed by atoms with Crippen molar-refractivity contribution in [3.63, 3.8) is 0 Å². The van der Waals surface area contributed by atoms with Crippen molar-refractivity contribution in [2.24, 2.45) is 0 Å². The van der Waals surface area contributed by atoms with Crippen LogP contribution < -0.4 is 10.2 Å². The summed E-state index contributed by atoms with van der Waals surface area (Å²) in [5.74, 6) is -0.278. The number of amides is 1. The summed E-state index contributed by atoms with van der Waals surface area (Å²) in [5, 5.41) is 24.7. The van der Waals surface area contributed by atoms with Crippen LogP contribution in [0.2, 0.25) is 0 Å². The van der Waals surface area contributed by atoms with Crippen molar-refractivity contribution in [3.8, 4) is 0 Å². The van der Waals surface area contributed by atoms with Gasteiger partial charge in [-0.3, -0.25) is 9.36 Å². The Bertz CT molecular complexity index is 1330. The Hall–Kier alpha value is -1.84. The number of likely N-dealkylation sites (N-methyl/N-ethyl adjacent to an activating group) is 1. The third-order valence-corrected chi connectivity index (χ3v) is 13.8. The zero-order valence-corrected chi connectivity index (χ0v) is 46.5. The number of allylic oxidation sites excluding steroid dienone is 10. The molecule has 0 saturated carbocycles. The summed E-state index contributed by atoms with van der Waals surface area (Å²) >= 11 is 0. The van der Waals surface area contributed by atoms with Crippen LogP contribution in [0.1, 0.15) is 251 Å². The number of rotatable bonds is 52. The molecule has 0 aromatic carbocycles. The van der Waals surface area contributed by atoms with E-state index in [1.165, 1.54) is 148 Å². The minimum Gasteiger partial charge on any atom is -0.756 e. The van der Waals surface area contributed by atoms with E-state index in [1.54, 1.807) is 0 Å². The topological polar surface area (TPSA) is 128 Å². The molecule has 0 fully saturated rings. The zero-order valence-electron chi connectivity index (χ0n) is 45.6. The van der Waals surface area contributed by atoms with Crippen molar-refractivity contribution in [1.29, 1.82) is 0 Å². The van der Waals surface area contributed by atoms with Crippen LogP contribution in [0.25, 0.3) is 0 Å². The first kappa shape index (κ1) is 67.2. The Morgan fingerprint density at radius 2 is 0.913 bits per heavy atom. The molecule has 10 heteroatoms. The molecule has 0 aliphatic heterocycles. The minimum atomic E-state index is -4.67. The maximum absolute atomic E-state index is 13.0. The Labute approximate surface area is 426 Å². The first-order valence-corrected chi connectivity index (χ1v) is 30.2. The molecule has 0 aromatic heterocycles. The maximum atomic E-state index is 13.0. The average molecular weight is 992 g/mol. The van der Waals surface area contributed by atoms with Gasteiger partial charge in [0, 0.05) is 6.42 Å². The largest absolute Gasteiger partial charge is 0.756 e. The van der Waals surface area contributed by atoms with Crippen LogP contribution in [0.3, 0.4) is 0 Å². The second-order valence-electron chi connectivity index (χ2n) is 20.8. The maximum Gasteiger partial charge on any atom is 0.268 e. The van der Waals surface area contributed by atoms with Crippen molar-refractivity contribution in [2.45, 2.75) is 270 Å². The first-order valence-electron chi connectivity index (χ1n) is 28.7. The lowest BCUT2D eigenvalue weighted by Gasteiger charge is -2.31. The highest BCUT2D eigenvalue weighted by Crippen LogP contribution is 2.38. The smallest absolute Gasteiger partial charge is 0.268 e. The van der Waals surface area contributed by atoms with Crippen LogP contribution in [0.5, 0.6) is 0 Å². The van der Waals surface area contributed by atoms with Gasteiger partial charge in [-0.05, 0) is 57.8 Å². The normalized spacial score (nSPS) is 14.8. The molecule has 0 radical (unpaired) electrons. The highest BCUT2D eigenvalue weighted by atomic mass is 31.2. The average Bonchev–Trinajstić information content (AvgIpc) is 3.31. The summed E-state index contributed by atoms with van der Waals surface area (Å²) < 4.78 is 23.3. The minimum absolute atomic E-state index is 0.0409. The Morgan fingerprint density at radius 3 is 1.33 bits per heavy atom. The Balaban J connectivity index is 4.09. The standard InChI is InChI=1S/C59H111N2O7P/c1-6-8-10-12-14-16-18-20-21-22-23-24-25-26-27-28-29-30-31-32-33-34-35-36-37-38-39-40-42-44-46-48-50-52-58(63)60-56(55-68-69(65,66)67-54-53-61(3,4)5)59(64)57(62)51-49-47-45-43-41-19-17-15-13-11-9-7-2/h8,10,14,16,20-21,23-24,26-27,56-57,59,62,64H,6-7,9,11-13,15,17-19,22,25,28-55H2,1-5H3,(H-,60,63,65,66)/b10-8-,16-14-,21-20-,24-23-,27-26-. The number of aliphatic hydroxyl groups excluding tert-OH is 2. The molecule has 0 aromatic rings. The molecule has 0 aliphatic carbocycles. The first-order chi connectivity index (χ1) is 33.4. The van der Waals surface area contributed by atoms with Gasteiger partial charge in [0.2, 0.25) is 5.91 Å². The van der Waals surface area contributed by atoms with Gasteiger partial charge < -0.3 is 34.0 Å². The fourth-order valence-corrected chi connectivity index (χ4v) is 9.06. The fraction of sp³-hybridized carbons (Fsp3) is 0.814. The number of carbonyl (C=O) groups is 1. The van der Waals surface area contributed by atoms with Crippen molar-refractivity contribution in [2.75, 3.05) is 40.9 Å². The summed E-state index contributed by atoms with van der Waals surface area (Å²) in [6.45, 7) is 4.33. The van der Waals surface area contributed by atoms with Gasteiger partial charge in [-0.1, -0.05) is 248 Å². The predicted octanol–water partition coefficient (Wildman–Crippen LogP) is 15.7. The molecule has 0 spiro atoms. The van der Waals surface area contributed by atoms with Crippen molar-refractivity contribution in [1.82, 2.24) is 5.32 Å². The summed E-state index contributed by atoms with van der Waals surface area (Å²) in [7, 11) is 1.13. The van der Waals surface area contributed by atoms with E-state index < -0.39 is 32.7 Å². The van der Waals surface area contributed by atoms with E-state index in [4.69, 9.17) is 9.05 Å². The number of hydrogen-bond donors (Lipinski definition) is 3. The number of quaternary nitrogens is 1. The molecule has 0 aliphatic rings. The summed E-state index contributed by atoms with van der Waals surface area (Å²) in [4.78, 5) is 25.5. The molecule has 3 N–H and O–H groups in total. The van der Waals surface area contributed by atoms with Gasteiger partial charge in [-0.15, -0.1) is 0 Å². The van der Waals surface area contributed by atoms with Crippen LogP contribution in [0, 0.1) is 0 Å². The molecule has 0 saturated heterocycles. The zero-order chi connectivity index (χ0) is 50.8. The molecule has 9 nitrogen and oxygen atoms in total. The number of carbonyl (C=O) groups excluding carboxylic acids is 1. The number of nitrogens with one attached hydrogen (secondary N) is 1. The predicted molar refractivity (Wildman–Crippen MR) is 294 cm³/mol. The summed E-state index contributed by atoms with van der Waals surface area (Å²) in [6, 6.07) is -1.07. The summed E-state index contributed by atoms with van der Waals surface area (Å²) in [6.07, 6.45) is 62.8. The van der Waals surface area contributed by atoms with Crippen LogP contribution in [0.4, 0.5) is 0 Å². The fourth-order valence-electron chi connectivity index (χ4n) is 8.34. The number of phosphoric ester groups is 1. The van der Waals surface area contributed by atoms with E-state index in [2.05, 4.69) is 79.9 Å². The van der Waals surface area contributed by atoms with Crippen LogP contribution in [-0.2, 0) is 18.4 Å². The molecule has 0 bridgehead atoms. The Morgan fingerprint density at radius 1 is 0.536 bits per heavy atom. The SMILES string of the molecule is CC/C=C\C/C=C\C/C=C\C/C=C\C/C=C\CCCCCCCCCCCCCCCCCCCC(=O)NC(COP(=O)([O-])OCC[N+](C)(C)C)C(O)C(O)CCCCCCCCCCCCCC. The van der Waals surface area contributed by atoms with E-state index in [0.29, 0.717) is 17.4 Å². The van der Waals surface area contributed by atoms with Crippen LogP contribution in [-0.4, -0.2) is 79.8 Å². The van der Waals surface area contributed by atoms with Gasteiger partial charge in [0.15, 0.2) is 0 Å². The second kappa shape index (κ2) is 49.7. The Kier molecular flexibility index (Phi) is 48.4. The van der Waals surface area contributed by atoms with Gasteiger partial charge in [-0.2, -0.15) is 0 Å². The van der Waals surface area contributed by atoms with Crippen LogP contribution >= 0.6 is 7.82 Å². The second-order valence-corrected chi connectivity index (χ2v) is 22.2. The third-order valence-electron chi connectivity index (χ3n) is 12.9. The molecular weight excluding hydrogens is 880 g/mol. The number of nitrogens with zero attached hydrogens (tertiary/aromatic N) is 1. The molecule has 4 unspecified atom stereocenters. The summed E-state index contributed by atoms with van der Waals surface area (Å²) in [5.41, 5.74) is 0. The van der Waals surface area contributed by atoms with E-state index in [0.717, 1.165) is 77.0 Å². The number of phosphoric acid groups is 1. The number of hydrogen-bond acceptors (Lipinski definition) is 7.